The molecule has 0 spiro atoms. The molecule has 10 nitrogen and oxygen atoms in total. The van der Waals surface area contributed by atoms with Crippen molar-refractivity contribution in [2.45, 2.75) is 84.5 Å². The SMILES string of the molecule is CNC(=O)NC[C@H](C)CC(=O)CC[C@H](CCCCNC(=O)OCc1ccccc1Cl)NC(=O)OC(C)(C)C. The molecule has 4 N–H and O–H groups in total. The van der Waals surface area contributed by atoms with Crippen molar-refractivity contribution in [2.75, 3.05) is 20.1 Å². The zero-order valence-corrected chi connectivity index (χ0v) is 23.9. The van der Waals surface area contributed by atoms with Gasteiger partial charge in [-0.15, -0.1) is 0 Å². The lowest BCUT2D eigenvalue weighted by Gasteiger charge is -2.24. The Morgan fingerprint density at radius 3 is 2.37 bits per heavy atom. The molecule has 0 heterocycles. The first-order valence-corrected chi connectivity index (χ1v) is 13.4. The number of urea groups is 1. The highest BCUT2D eigenvalue weighted by atomic mass is 35.5. The summed E-state index contributed by atoms with van der Waals surface area (Å²) in [6.07, 6.45) is 2.06. The topological polar surface area (TPSA) is 135 Å². The Bertz CT molecular complexity index is 906. The van der Waals surface area contributed by atoms with Gasteiger partial charge in [0.15, 0.2) is 0 Å². The van der Waals surface area contributed by atoms with Crippen LogP contribution in [0.1, 0.15) is 71.8 Å². The van der Waals surface area contributed by atoms with Crippen LogP contribution in [-0.2, 0) is 20.9 Å². The molecule has 1 aromatic rings. The Morgan fingerprint density at radius 2 is 1.71 bits per heavy atom. The second kappa shape index (κ2) is 17.5. The zero-order chi connectivity index (χ0) is 28.6. The Balaban J connectivity index is 2.44. The number of rotatable bonds is 15. The van der Waals surface area contributed by atoms with Crippen molar-refractivity contribution in [1.82, 2.24) is 21.3 Å². The van der Waals surface area contributed by atoms with Crippen molar-refractivity contribution in [2.24, 2.45) is 5.92 Å². The smallest absolute Gasteiger partial charge is 0.407 e. The number of Topliss-reactive ketones (excluding diaryl/α,β-unsaturated/α-hetero) is 1. The lowest BCUT2D eigenvalue weighted by Crippen LogP contribution is -2.39. The van der Waals surface area contributed by atoms with Gasteiger partial charge in [-0.25, -0.2) is 14.4 Å². The lowest BCUT2D eigenvalue weighted by atomic mass is 9.98. The van der Waals surface area contributed by atoms with Gasteiger partial charge >= 0.3 is 18.2 Å². The molecule has 0 fully saturated rings. The largest absolute Gasteiger partial charge is 0.445 e. The van der Waals surface area contributed by atoms with Crippen LogP contribution in [0.4, 0.5) is 14.4 Å². The van der Waals surface area contributed by atoms with E-state index >= 15 is 0 Å². The Hall–Kier alpha value is -3.01. The van der Waals surface area contributed by atoms with Gasteiger partial charge in [0.2, 0.25) is 0 Å². The average molecular weight is 555 g/mol. The minimum Gasteiger partial charge on any atom is -0.445 e. The number of ether oxygens (including phenoxy) is 2. The van der Waals surface area contributed by atoms with Crippen LogP contribution in [0.15, 0.2) is 24.3 Å². The number of halogens is 1. The third-order valence-corrected chi connectivity index (χ3v) is 5.84. The minimum absolute atomic E-state index is 0.000752. The van der Waals surface area contributed by atoms with E-state index in [4.69, 9.17) is 21.1 Å². The molecular formula is C27H43ClN4O6. The number of hydrogen-bond donors (Lipinski definition) is 4. The summed E-state index contributed by atoms with van der Waals surface area (Å²) >= 11 is 6.07. The number of ketones is 1. The van der Waals surface area contributed by atoms with Crippen LogP contribution in [0, 0.1) is 5.92 Å². The van der Waals surface area contributed by atoms with Crippen molar-refractivity contribution in [3.8, 4) is 0 Å². The van der Waals surface area contributed by atoms with Crippen LogP contribution in [-0.4, -0.2) is 55.8 Å². The van der Waals surface area contributed by atoms with Gasteiger partial charge in [0.25, 0.3) is 0 Å². The first kappa shape index (κ1) is 33.0. The fourth-order valence-corrected chi connectivity index (χ4v) is 3.72. The molecule has 1 aromatic carbocycles. The molecule has 0 aliphatic heterocycles. The van der Waals surface area contributed by atoms with E-state index in [9.17, 15) is 19.2 Å². The van der Waals surface area contributed by atoms with Gasteiger partial charge in [0.05, 0.1) is 0 Å². The maximum Gasteiger partial charge on any atom is 0.407 e. The van der Waals surface area contributed by atoms with Gasteiger partial charge in [0.1, 0.15) is 18.0 Å². The second-order valence-corrected chi connectivity index (χ2v) is 10.7. The highest BCUT2D eigenvalue weighted by molar-refractivity contribution is 6.31. The van der Waals surface area contributed by atoms with Crippen molar-refractivity contribution in [3.63, 3.8) is 0 Å². The van der Waals surface area contributed by atoms with E-state index in [0.717, 1.165) is 5.56 Å². The van der Waals surface area contributed by atoms with E-state index in [1.54, 1.807) is 39.0 Å². The third kappa shape index (κ3) is 16.0. The van der Waals surface area contributed by atoms with Gasteiger partial charge < -0.3 is 30.7 Å². The molecule has 0 aliphatic carbocycles. The molecule has 0 bridgehead atoms. The van der Waals surface area contributed by atoms with E-state index in [0.29, 0.717) is 56.6 Å². The van der Waals surface area contributed by atoms with Gasteiger partial charge in [-0.1, -0.05) is 36.7 Å². The van der Waals surface area contributed by atoms with Crippen molar-refractivity contribution >= 4 is 35.6 Å². The molecule has 1 rings (SSSR count). The number of amides is 4. The maximum absolute atomic E-state index is 12.5. The van der Waals surface area contributed by atoms with Gasteiger partial charge in [-0.2, -0.15) is 0 Å². The quantitative estimate of drug-likeness (QED) is 0.227. The maximum atomic E-state index is 12.5. The normalized spacial score (nSPS) is 12.6. The number of benzene rings is 1. The van der Waals surface area contributed by atoms with Crippen LogP contribution in [0.2, 0.25) is 5.02 Å². The predicted octanol–water partition coefficient (Wildman–Crippen LogP) is 4.93. The second-order valence-electron chi connectivity index (χ2n) is 10.3. The monoisotopic (exact) mass is 554 g/mol. The molecule has 0 saturated heterocycles. The molecule has 0 unspecified atom stereocenters. The van der Waals surface area contributed by atoms with E-state index in [1.165, 1.54) is 7.05 Å². The molecule has 0 aromatic heterocycles. The van der Waals surface area contributed by atoms with E-state index in [-0.39, 0.29) is 30.4 Å². The van der Waals surface area contributed by atoms with Crippen molar-refractivity contribution in [1.29, 1.82) is 0 Å². The Kier molecular flexibility index (Phi) is 15.2. The Morgan fingerprint density at radius 1 is 1.00 bits per heavy atom. The highest BCUT2D eigenvalue weighted by Gasteiger charge is 2.20. The Labute approximate surface area is 230 Å². The van der Waals surface area contributed by atoms with Crippen LogP contribution in [0.5, 0.6) is 0 Å². The molecule has 0 radical (unpaired) electrons. The highest BCUT2D eigenvalue weighted by Crippen LogP contribution is 2.16. The van der Waals surface area contributed by atoms with Crippen LogP contribution >= 0.6 is 11.6 Å². The molecule has 0 aliphatic rings. The van der Waals surface area contributed by atoms with Crippen LogP contribution in [0.3, 0.4) is 0 Å². The summed E-state index contributed by atoms with van der Waals surface area (Å²) in [6, 6.07) is 6.62. The number of hydrogen-bond acceptors (Lipinski definition) is 6. The van der Waals surface area contributed by atoms with Crippen LogP contribution in [0.25, 0.3) is 0 Å². The summed E-state index contributed by atoms with van der Waals surface area (Å²) in [5.74, 6) is 0.0657. The number of carbonyl (C=O) groups is 4. The fourth-order valence-electron chi connectivity index (χ4n) is 3.53. The number of nitrogens with one attached hydrogen (secondary N) is 4. The summed E-state index contributed by atoms with van der Waals surface area (Å²) in [5, 5.41) is 11.3. The summed E-state index contributed by atoms with van der Waals surface area (Å²) < 4.78 is 10.6. The third-order valence-electron chi connectivity index (χ3n) is 5.47. The van der Waals surface area contributed by atoms with E-state index in [2.05, 4.69) is 21.3 Å². The molecule has 4 amide bonds. The minimum atomic E-state index is -0.633. The number of unbranched alkanes of at least 4 members (excludes halogenated alkanes) is 1. The first-order chi connectivity index (χ1) is 17.9. The summed E-state index contributed by atoms with van der Waals surface area (Å²) in [4.78, 5) is 48.1. The number of carbonyl (C=O) groups excluding carboxylic acids is 4. The van der Waals surface area contributed by atoms with Crippen molar-refractivity contribution in [3.05, 3.63) is 34.9 Å². The predicted molar refractivity (Wildman–Crippen MR) is 147 cm³/mol. The number of alkyl carbamates (subject to hydrolysis) is 2. The summed E-state index contributed by atoms with van der Waals surface area (Å²) in [6.45, 7) is 8.16. The van der Waals surface area contributed by atoms with Crippen molar-refractivity contribution < 1.29 is 28.7 Å². The molecule has 11 heteroatoms. The summed E-state index contributed by atoms with van der Waals surface area (Å²) in [7, 11) is 1.53. The van der Waals surface area contributed by atoms with Gasteiger partial charge in [-0.3, -0.25) is 4.79 Å². The fraction of sp³-hybridized carbons (Fsp3) is 0.630. The first-order valence-electron chi connectivity index (χ1n) is 13.0. The molecular weight excluding hydrogens is 512 g/mol. The van der Waals surface area contributed by atoms with Crippen LogP contribution < -0.4 is 21.3 Å². The molecule has 214 valence electrons. The average Bonchev–Trinajstić information content (AvgIpc) is 2.83. The van der Waals surface area contributed by atoms with Gasteiger partial charge in [-0.05, 0) is 58.4 Å². The molecule has 0 saturated carbocycles. The zero-order valence-electron chi connectivity index (χ0n) is 23.2. The van der Waals surface area contributed by atoms with E-state index < -0.39 is 17.8 Å². The van der Waals surface area contributed by atoms with E-state index in [1.807, 2.05) is 13.0 Å². The standard InChI is InChI=1S/C27H43ClN4O6/c1-19(17-31-24(34)29-5)16-22(33)14-13-21(32-26(36)38-27(2,3)4)11-8-9-15-30-25(35)37-18-20-10-6-7-12-23(20)28/h6-7,10,12,19,21H,8-9,11,13-18H2,1-5H3,(H,30,35)(H,32,36)(H2,29,31,34)/t19-,21+/m1/s1. The lowest BCUT2D eigenvalue weighted by molar-refractivity contribution is -0.120. The molecule has 2 atom stereocenters. The molecule has 38 heavy (non-hydrogen) atoms. The summed E-state index contributed by atoms with van der Waals surface area (Å²) in [5.41, 5.74) is 0.0957. The van der Waals surface area contributed by atoms with Gasteiger partial charge in [0, 0.05) is 49.6 Å².